The van der Waals surface area contributed by atoms with Gasteiger partial charge in [-0.15, -0.1) is 6.58 Å². The molecule has 292 valence electrons. The maximum atomic E-state index is 4.83. The minimum absolute atomic E-state index is 0. The summed E-state index contributed by atoms with van der Waals surface area (Å²) in [6.45, 7) is 33.9. The molecule has 0 aromatic heterocycles. The van der Waals surface area contributed by atoms with Crippen molar-refractivity contribution < 1.29 is 0 Å². The average molecular weight is 703 g/mol. The second-order valence-corrected chi connectivity index (χ2v) is 14.9. The molecular weight excluding hydrogens is 617 g/mol. The summed E-state index contributed by atoms with van der Waals surface area (Å²) in [5, 5.41) is 4.83. The molecule has 2 aliphatic rings. The van der Waals surface area contributed by atoms with Gasteiger partial charge in [0.1, 0.15) is 0 Å². The minimum atomic E-state index is 0. The van der Waals surface area contributed by atoms with Crippen LogP contribution in [-0.4, -0.2) is 5.71 Å². The summed E-state index contributed by atoms with van der Waals surface area (Å²) in [4.78, 5) is 0. The zero-order valence-corrected chi connectivity index (χ0v) is 35.2. The van der Waals surface area contributed by atoms with Gasteiger partial charge < -0.3 is 0 Å². The molecule has 2 nitrogen and oxygen atoms in total. The fourth-order valence-electron chi connectivity index (χ4n) is 5.85. The molecule has 0 aliphatic heterocycles. The third-order valence-electron chi connectivity index (χ3n) is 8.71. The summed E-state index contributed by atoms with van der Waals surface area (Å²) < 4.78 is 0. The molecule has 0 amide bonds. The predicted octanol–water partition coefficient (Wildman–Crippen LogP) is 16.4. The van der Waals surface area contributed by atoms with E-state index in [1.807, 2.05) is 46.8 Å². The first-order valence-electron chi connectivity index (χ1n) is 20.1. The highest BCUT2D eigenvalue weighted by molar-refractivity contribution is 6.03. The van der Waals surface area contributed by atoms with Crippen molar-refractivity contribution in [1.29, 1.82) is 0 Å². The van der Waals surface area contributed by atoms with Crippen LogP contribution in [0.2, 0.25) is 0 Å². The van der Waals surface area contributed by atoms with Crippen LogP contribution in [-0.2, 0) is 6.42 Å². The van der Waals surface area contributed by atoms with Crippen molar-refractivity contribution in [1.82, 2.24) is 5.43 Å². The monoisotopic (exact) mass is 703 g/mol. The van der Waals surface area contributed by atoms with Crippen LogP contribution in [0.5, 0.6) is 0 Å². The maximum Gasteiger partial charge on any atom is 0.0712 e. The van der Waals surface area contributed by atoms with Gasteiger partial charge in [-0.1, -0.05) is 183 Å². The van der Waals surface area contributed by atoms with Crippen molar-refractivity contribution in [3.63, 3.8) is 0 Å². The average Bonchev–Trinajstić information content (AvgIpc) is 3.08. The summed E-state index contributed by atoms with van der Waals surface area (Å²) in [6.07, 6.45) is 31.8. The standard InChI is InChI=1S/C27H42N2.C10H16.2C4H8.C3H8.CH4/c1-3-28-29-27(24-16-12-9-13-17-24)26-19-18-22(2)20-25(26)21-23-14-10-7-5-4-6-8-11-15-23;1-8(2)6-7-10(5)9(3)4;1-4(2)3;1-3-4-2;1-3-2;/h3,18-20,23-24,28H,1,4-17,21H2,2H3;6-7H,3H2,1-2,4-5H3;1H2,2-3H3;3-4H,1-2H3;3H2,1-2H3;1H4/b29-27-;10-7-;;4-3-;;. The Labute approximate surface area is 320 Å². The third-order valence-corrected chi connectivity index (χ3v) is 8.71. The molecule has 2 aliphatic carbocycles. The molecule has 3 rings (SSSR count). The zero-order chi connectivity index (χ0) is 38.2. The summed E-state index contributed by atoms with van der Waals surface area (Å²) in [5.74, 6) is 1.41. The molecule has 0 bridgehead atoms. The smallest absolute Gasteiger partial charge is 0.0712 e. The van der Waals surface area contributed by atoms with E-state index in [1.165, 1.54) is 142 Å². The molecule has 0 spiro atoms. The number of hydrogen-bond acceptors (Lipinski definition) is 2. The quantitative estimate of drug-likeness (QED) is 0.124. The number of rotatable bonds is 8. The highest BCUT2D eigenvalue weighted by atomic mass is 15.3. The number of nitrogens with one attached hydrogen (secondary N) is 1. The Kier molecular flexibility index (Phi) is 36.6. The lowest BCUT2D eigenvalue weighted by Gasteiger charge is -2.26. The molecule has 2 saturated carbocycles. The molecular formula is C49H86N2. The summed E-state index contributed by atoms with van der Waals surface area (Å²) >= 11 is 0. The van der Waals surface area contributed by atoms with Crippen molar-refractivity contribution in [3.05, 3.63) is 107 Å². The molecule has 0 heterocycles. The summed E-state index contributed by atoms with van der Waals surface area (Å²) in [5.41, 5.74) is 13.5. The van der Waals surface area contributed by atoms with E-state index in [0.717, 1.165) is 11.5 Å². The first kappa shape index (κ1) is 52.5. The Balaban J connectivity index is -0.000000863. The normalized spacial score (nSPS) is 15.7. The molecule has 51 heavy (non-hydrogen) atoms. The fraction of sp³-hybridized carbons (Fsp3) is 0.612. The SMILES string of the molecule is C.C/C=C\C.C=C(C)/C(C)=C\C=C(C)C.C=C(C)C.C=CN/N=C(\c1ccc(C)cc1CC1CCCCCCCCC1)C1CCCCC1.CCC. The number of hydrazone groups is 1. The van der Waals surface area contributed by atoms with Crippen molar-refractivity contribution in [3.8, 4) is 0 Å². The zero-order valence-electron chi connectivity index (χ0n) is 35.2. The van der Waals surface area contributed by atoms with Crippen LogP contribution < -0.4 is 5.43 Å². The van der Waals surface area contributed by atoms with Gasteiger partial charge in [0.2, 0.25) is 0 Å². The van der Waals surface area contributed by atoms with Gasteiger partial charge in [0.15, 0.2) is 0 Å². The van der Waals surface area contributed by atoms with E-state index in [2.05, 4.69) is 97.1 Å². The van der Waals surface area contributed by atoms with Gasteiger partial charge in [0, 0.05) is 17.7 Å². The highest BCUT2D eigenvalue weighted by Gasteiger charge is 2.24. The van der Waals surface area contributed by atoms with Crippen LogP contribution in [0.4, 0.5) is 0 Å². The van der Waals surface area contributed by atoms with Gasteiger partial charge in [-0.3, -0.25) is 5.43 Å². The van der Waals surface area contributed by atoms with Crippen LogP contribution in [0, 0.1) is 18.8 Å². The largest absolute Gasteiger partial charge is 0.286 e. The molecule has 2 heteroatoms. The summed E-state index contributed by atoms with van der Waals surface area (Å²) in [7, 11) is 0. The molecule has 1 aromatic carbocycles. The van der Waals surface area contributed by atoms with E-state index < -0.39 is 0 Å². The van der Waals surface area contributed by atoms with E-state index in [1.54, 1.807) is 6.20 Å². The van der Waals surface area contributed by atoms with Gasteiger partial charge in [0.05, 0.1) is 5.71 Å². The second-order valence-electron chi connectivity index (χ2n) is 14.9. The van der Waals surface area contributed by atoms with Crippen LogP contribution in [0.3, 0.4) is 0 Å². The van der Waals surface area contributed by atoms with E-state index in [0.29, 0.717) is 5.92 Å². The maximum absolute atomic E-state index is 4.83. The highest BCUT2D eigenvalue weighted by Crippen LogP contribution is 2.31. The number of hydrogen-bond donors (Lipinski definition) is 1. The fourth-order valence-corrected chi connectivity index (χ4v) is 5.85. The Bertz CT molecular complexity index is 1130. The summed E-state index contributed by atoms with van der Waals surface area (Å²) in [6, 6.07) is 7.07. The lowest BCUT2D eigenvalue weighted by Crippen LogP contribution is -2.23. The molecule has 1 aromatic rings. The number of allylic oxidation sites excluding steroid dienone is 8. The van der Waals surface area contributed by atoms with Gasteiger partial charge in [-0.2, -0.15) is 5.10 Å². The van der Waals surface area contributed by atoms with Crippen molar-refractivity contribution in [2.75, 3.05) is 0 Å². The van der Waals surface area contributed by atoms with Gasteiger partial charge in [0.25, 0.3) is 0 Å². The molecule has 2 fully saturated rings. The van der Waals surface area contributed by atoms with Crippen LogP contribution in [0.15, 0.2) is 95.8 Å². The lowest BCUT2D eigenvalue weighted by atomic mass is 9.80. The van der Waals surface area contributed by atoms with E-state index in [4.69, 9.17) is 5.10 Å². The first-order chi connectivity index (χ1) is 23.9. The molecule has 1 N–H and O–H groups in total. The first-order valence-corrected chi connectivity index (χ1v) is 20.1. The lowest BCUT2D eigenvalue weighted by molar-refractivity contribution is 0.386. The Morgan fingerprint density at radius 3 is 1.65 bits per heavy atom. The molecule has 0 radical (unpaired) electrons. The molecule has 0 unspecified atom stereocenters. The third kappa shape index (κ3) is 30.5. The van der Waals surface area contributed by atoms with Crippen molar-refractivity contribution in [2.45, 2.75) is 186 Å². The van der Waals surface area contributed by atoms with Crippen LogP contribution in [0.1, 0.15) is 190 Å². The second kappa shape index (κ2) is 35.5. The van der Waals surface area contributed by atoms with Crippen LogP contribution >= 0.6 is 0 Å². The Morgan fingerprint density at radius 2 is 1.22 bits per heavy atom. The van der Waals surface area contributed by atoms with Gasteiger partial charge in [-0.25, -0.2) is 0 Å². The number of benzene rings is 1. The van der Waals surface area contributed by atoms with Crippen molar-refractivity contribution >= 4 is 5.71 Å². The minimum Gasteiger partial charge on any atom is -0.286 e. The predicted molar refractivity (Wildman–Crippen MR) is 238 cm³/mol. The van der Waals surface area contributed by atoms with Crippen LogP contribution in [0.25, 0.3) is 0 Å². The number of nitrogens with zero attached hydrogens (tertiary/aromatic N) is 1. The molecule has 0 atom stereocenters. The number of aryl methyl sites for hydroxylation is 1. The van der Waals surface area contributed by atoms with E-state index in [-0.39, 0.29) is 7.43 Å². The molecule has 0 saturated heterocycles. The topological polar surface area (TPSA) is 24.4 Å². The van der Waals surface area contributed by atoms with E-state index >= 15 is 0 Å². The van der Waals surface area contributed by atoms with Gasteiger partial charge in [-0.05, 0) is 98.6 Å². The Hall–Kier alpha value is -2.87. The van der Waals surface area contributed by atoms with E-state index in [9.17, 15) is 0 Å². The Morgan fingerprint density at radius 1 is 0.765 bits per heavy atom. The van der Waals surface area contributed by atoms with Crippen molar-refractivity contribution in [2.24, 2.45) is 16.9 Å². The van der Waals surface area contributed by atoms with Gasteiger partial charge >= 0.3 is 0 Å².